The van der Waals surface area contributed by atoms with E-state index in [9.17, 15) is 4.79 Å². The number of hydrogen-bond donors (Lipinski definition) is 0. The molecule has 1 amide bonds. The fourth-order valence-electron chi connectivity index (χ4n) is 3.19. The molecule has 120 valence electrons. The van der Waals surface area contributed by atoms with Crippen molar-refractivity contribution in [2.45, 2.75) is 6.04 Å². The maximum Gasteiger partial charge on any atom is 0.236 e. The summed E-state index contributed by atoms with van der Waals surface area (Å²) in [6.45, 7) is 6.25. The number of ether oxygens (including phenoxy) is 1. The van der Waals surface area contributed by atoms with Crippen LogP contribution in [0.25, 0.3) is 0 Å². The van der Waals surface area contributed by atoms with Gasteiger partial charge in [-0.15, -0.1) is 0 Å². The van der Waals surface area contributed by atoms with E-state index < -0.39 is 0 Å². The Morgan fingerprint density at radius 2 is 1.86 bits per heavy atom. The van der Waals surface area contributed by atoms with Crippen molar-refractivity contribution in [2.24, 2.45) is 0 Å². The number of rotatable bonds is 3. The predicted molar refractivity (Wildman–Crippen MR) is 85.7 cm³/mol. The second-order valence-corrected chi connectivity index (χ2v) is 6.14. The number of hydrogen-bond acceptors (Lipinski definition) is 4. The molecular formula is C17H25N3O2. The molecule has 0 saturated carbocycles. The highest BCUT2D eigenvalue weighted by Gasteiger charge is 2.29. The van der Waals surface area contributed by atoms with Crippen LogP contribution in [0.15, 0.2) is 30.3 Å². The first kappa shape index (κ1) is 15.5. The highest BCUT2D eigenvalue weighted by Crippen LogP contribution is 2.23. The van der Waals surface area contributed by atoms with Crippen LogP contribution in [-0.4, -0.2) is 80.1 Å². The monoisotopic (exact) mass is 303 g/mol. The van der Waals surface area contributed by atoms with Gasteiger partial charge in [-0.05, 0) is 12.6 Å². The standard InChI is InChI=1S/C17H25N3O2/c1-18-7-8-20(13-16(18)15-5-3-2-4-6-15)17(21)14-19-9-11-22-12-10-19/h2-6,16H,7-14H2,1H3/t16-/m0/s1. The number of amides is 1. The Morgan fingerprint density at radius 3 is 2.59 bits per heavy atom. The van der Waals surface area contributed by atoms with Crippen LogP contribution in [-0.2, 0) is 9.53 Å². The number of likely N-dealkylation sites (N-methyl/N-ethyl adjacent to an activating group) is 1. The van der Waals surface area contributed by atoms with Gasteiger partial charge in [-0.2, -0.15) is 0 Å². The first-order valence-corrected chi connectivity index (χ1v) is 8.07. The number of piperazine rings is 1. The summed E-state index contributed by atoms with van der Waals surface area (Å²) in [4.78, 5) is 19.1. The Hall–Kier alpha value is -1.43. The van der Waals surface area contributed by atoms with E-state index >= 15 is 0 Å². The van der Waals surface area contributed by atoms with E-state index in [4.69, 9.17) is 4.74 Å². The topological polar surface area (TPSA) is 36.0 Å². The normalized spacial score (nSPS) is 24.4. The van der Waals surface area contributed by atoms with Crippen molar-refractivity contribution in [2.75, 3.05) is 59.5 Å². The molecule has 2 aliphatic heterocycles. The van der Waals surface area contributed by atoms with Crippen LogP contribution in [0.5, 0.6) is 0 Å². The second kappa shape index (κ2) is 7.22. The summed E-state index contributed by atoms with van der Waals surface area (Å²) < 4.78 is 5.34. The summed E-state index contributed by atoms with van der Waals surface area (Å²) in [5.74, 6) is 0.246. The van der Waals surface area contributed by atoms with Crippen molar-refractivity contribution in [1.29, 1.82) is 0 Å². The maximum atomic E-state index is 12.6. The zero-order valence-corrected chi connectivity index (χ0v) is 13.3. The third kappa shape index (κ3) is 3.66. The molecule has 2 heterocycles. The highest BCUT2D eigenvalue weighted by molar-refractivity contribution is 5.78. The van der Waals surface area contributed by atoms with Crippen LogP contribution in [0.4, 0.5) is 0 Å². The van der Waals surface area contributed by atoms with Crippen molar-refractivity contribution in [1.82, 2.24) is 14.7 Å². The van der Waals surface area contributed by atoms with Gasteiger partial charge in [-0.3, -0.25) is 14.6 Å². The Kier molecular flexibility index (Phi) is 5.08. The van der Waals surface area contributed by atoms with E-state index in [0.717, 1.165) is 45.9 Å². The van der Waals surface area contributed by atoms with E-state index in [0.29, 0.717) is 12.6 Å². The summed E-state index contributed by atoms with van der Waals surface area (Å²) in [6, 6.07) is 10.8. The zero-order valence-electron chi connectivity index (χ0n) is 13.3. The number of carbonyl (C=O) groups is 1. The molecule has 2 saturated heterocycles. The summed E-state index contributed by atoms with van der Waals surface area (Å²) in [7, 11) is 2.14. The zero-order chi connectivity index (χ0) is 15.4. The molecule has 22 heavy (non-hydrogen) atoms. The molecule has 2 fully saturated rings. The molecule has 0 unspecified atom stereocenters. The van der Waals surface area contributed by atoms with Crippen molar-refractivity contribution >= 4 is 5.91 Å². The SMILES string of the molecule is CN1CCN(C(=O)CN2CCOCC2)C[C@H]1c1ccccc1. The molecule has 2 aliphatic rings. The lowest BCUT2D eigenvalue weighted by atomic mass is 10.0. The lowest BCUT2D eigenvalue weighted by Crippen LogP contribution is -2.52. The first-order chi connectivity index (χ1) is 10.7. The lowest BCUT2D eigenvalue weighted by Gasteiger charge is -2.40. The molecule has 1 aromatic carbocycles. The highest BCUT2D eigenvalue weighted by atomic mass is 16.5. The number of benzene rings is 1. The molecule has 5 nitrogen and oxygen atoms in total. The lowest BCUT2D eigenvalue weighted by molar-refractivity contribution is -0.136. The summed E-state index contributed by atoms with van der Waals surface area (Å²) >= 11 is 0. The first-order valence-electron chi connectivity index (χ1n) is 8.07. The number of nitrogens with zero attached hydrogens (tertiary/aromatic N) is 3. The summed E-state index contributed by atoms with van der Waals surface area (Å²) in [6.07, 6.45) is 0. The van der Waals surface area contributed by atoms with Crippen LogP contribution in [0.3, 0.4) is 0 Å². The van der Waals surface area contributed by atoms with E-state index in [1.807, 2.05) is 11.0 Å². The third-order valence-corrected chi connectivity index (χ3v) is 4.65. The van der Waals surface area contributed by atoms with Crippen LogP contribution in [0.1, 0.15) is 11.6 Å². The Bertz CT molecular complexity index is 488. The van der Waals surface area contributed by atoms with Gasteiger partial charge in [0.2, 0.25) is 5.91 Å². The van der Waals surface area contributed by atoms with E-state index in [1.54, 1.807) is 0 Å². The fourth-order valence-corrected chi connectivity index (χ4v) is 3.19. The second-order valence-electron chi connectivity index (χ2n) is 6.14. The van der Waals surface area contributed by atoms with Gasteiger partial charge in [0.1, 0.15) is 0 Å². The Labute approximate surface area is 132 Å². The van der Waals surface area contributed by atoms with Crippen molar-refractivity contribution < 1.29 is 9.53 Å². The molecule has 1 atom stereocenters. The average molecular weight is 303 g/mol. The molecule has 0 bridgehead atoms. The fraction of sp³-hybridized carbons (Fsp3) is 0.588. The minimum Gasteiger partial charge on any atom is -0.379 e. The van der Waals surface area contributed by atoms with Crippen LogP contribution in [0, 0.1) is 0 Å². The maximum absolute atomic E-state index is 12.6. The van der Waals surface area contributed by atoms with E-state index in [2.05, 4.69) is 41.1 Å². The largest absolute Gasteiger partial charge is 0.379 e. The van der Waals surface area contributed by atoms with Gasteiger partial charge in [0.25, 0.3) is 0 Å². The molecule has 0 aliphatic carbocycles. The van der Waals surface area contributed by atoms with Crippen LogP contribution in [0.2, 0.25) is 0 Å². The van der Waals surface area contributed by atoms with Crippen LogP contribution >= 0.6 is 0 Å². The summed E-state index contributed by atoms with van der Waals surface area (Å²) in [5.41, 5.74) is 1.29. The van der Waals surface area contributed by atoms with Gasteiger partial charge >= 0.3 is 0 Å². The van der Waals surface area contributed by atoms with E-state index in [1.165, 1.54) is 5.56 Å². The Balaban J connectivity index is 1.61. The smallest absolute Gasteiger partial charge is 0.236 e. The van der Waals surface area contributed by atoms with Gasteiger partial charge < -0.3 is 9.64 Å². The Morgan fingerprint density at radius 1 is 1.14 bits per heavy atom. The molecule has 1 aromatic rings. The number of carbonyl (C=O) groups excluding carboxylic acids is 1. The van der Waals surface area contributed by atoms with E-state index in [-0.39, 0.29) is 5.91 Å². The van der Waals surface area contributed by atoms with Gasteiger partial charge in [0.05, 0.1) is 25.8 Å². The molecule has 3 rings (SSSR count). The molecule has 0 aromatic heterocycles. The van der Waals surface area contributed by atoms with Gasteiger partial charge in [-0.1, -0.05) is 30.3 Å². The van der Waals surface area contributed by atoms with Gasteiger partial charge in [-0.25, -0.2) is 0 Å². The molecule has 0 radical (unpaired) electrons. The minimum atomic E-state index is 0.246. The van der Waals surface area contributed by atoms with Crippen molar-refractivity contribution in [3.05, 3.63) is 35.9 Å². The van der Waals surface area contributed by atoms with Crippen molar-refractivity contribution in [3.63, 3.8) is 0 Å². The molecule has 5 heteroatoms. The molecule has 0 N–H and O–H groups in total. The predicted octanol–water partition coefficient (Wildman–Crippen LogP) is 0.834. The summed E-state index contributed by atoms with van der Waals surface area (Å²) in [5, 5.41) is 0. The molecular weight excluding hydrogens is 278 g/mol. The van der Waals surface area contributed by atoms with Crippen LogP contribution < -0.4 is 0 Å². The quantitative estimate of drug-likeness (QED) is 0.829. The van der Waals surface area contributed by atoms with Crippen molar-refractivity contribution in [3.8, 4) is 0 Å². The van der Waals surface area contributed by atoms with Gasteiger partial charge in [0, 0.05) is 32.7 Å². The number of morpholine rings is 1. The van der Waals surface area contributed by atoms with Gasteiger partial charge in [0.15, 0.2) is 0 Å². The molecule has 0 spiro atoms. The average Bonchev–Trinajstić information content (AvgIpc) is 2.57. The third-order valence-electron chi connectivity index (χ3n) is 4.65. The minimum absolute atomic E-state index is 0.246.